The van der Waals surface area contributed by atoms with Crippen LogP contribution in [0.25, 0.3) is 5.70 Å². The average molecular weight is 287 g/mol. The Morgan fingerprint density at radius 3 is 2.43 bits per heavy atom. The molecule has 1 amide bonds. The predicted octanol–water partition coefficient (Wildman–Crippen LogP) is 3.25. The van der Waals surface area contributed by atoms with Crippen molar-refractivity contribution in [3.05, 3.63) is 42.0 Å². The second kappa shape index (κ2) is 6.12. The number of hydrogen-bond acceptors (Lipinski definition) is 2. The summed E-state index contributed by atoms with van der Waals surface area (Å²) in [5.41, 5.74) is 2.18. The van der Waals surface area contributed by atoms with E-state index in [0.29, 0.717) is 23.7 Å². The van der Waals surface area contributed by atoms with E-state index in [2.05, 4.69) is 20.4 Å². The number of aliphatic carboxylic acids is 1. The molecule has 1 N–H and O–H groups in total. The molecule has 1 aliphatic rings. The molecule has 0 saturated heterocycles. The van der Waals surface area contributed by atoms with E-state index in [1.54, 1.807) is 11.0 Å². The van der Waals surface area contributed by atoms with Gasteiger partial charge in [-0.05, 0) is 24.3 Å². The van der Waals surface area contributed by atoms with Crippen molar-refractivity contribution < 1.29 is 14.7 Å². The smallest absolute Gasteiger partial charge is 0.303 e. The van der Waals surface area contributed by atoms with Crippen molar-refractivity contribution in [1.82, 2.24) is 4.90 Å². The second-order valence-corrected chi connectivity index (χ2v) is 6.00. The fourth-order valence-electron chi connectivity index (χ4n) is 2.92. The fourth-order valence-corrected chi connectivity index (χ4v) is 2.92. The summed E-state index contributed by atoms with van der Waals surface area (Å²) in [7, 11) is 0. The Kier molecular flexibility index (Phi) is 4.46. The van der Waals surface area contributed by atoms with E-state index in [9.17, 15) is 9.59 Å². The summed E-state index contributed by atoms with van der Waals surface area (Å²) in [6, 6.07) is 7.38. The lowest BCUT2D eigenvalue weighted by Gasteiger charge is -2.25. The summed E-state index contributed by atoms with van der Waals surface area (Å²) in [4.78, 5) is 25.1. The summed E-state index contributed by atoms with van der Waals surface area (Å²) in [5.74, 6) is -0.564. The maximum absolute atomic E-state index is 12.4. The number of amides is 1. The van der Waals surface area contributed by atoms with Crippen LogP contribution in [0.3, 0.4) is 0 Å². The first-order chi connectivity index (χ1) is 9.90. The Hall–Kier alpha value is -2.10. The van der Waals surface area contributed by atoms with Crippen LogP contribution in [-0.2, 0) is 4.79 Å². The molecule has 1 atom stereocenters. The lowest BCUT2D eigenvalue weighted by molar-refractivity contribution is -0.138. The molecular weight excluding hydrogens is 266 g/mol. The second-order valence-electron chi connectivity index (χ2n) is 6.00. The zero-order chi connectivity index (χ0) is 15.6. The minimum Gasteiger partial charge on any atom is -0.481 e. The van der Waals surface area contributed by atoms with E-state index in [1.165, 1.54) is 0 Å². The zero-order valence-electron chi connectivity index (χ0n) is 12.5. The van der Waals surface area contributed by atoms with Crippen molar-refractivity contribution in [1.29, 1.82) is 0 Å². The average Bonchev–Trinajstić information content (AvgIpc) is 2.63. The molecule has 0 spiro atoms. The van der Waals surface area contributed by atoms with E-state index in [0.717, 1.165) is 12.0 Å². The quantitative estimate of drug-likeness (QED) is 0.873. The van der Waals surface area contributed by atoms with Gasteiger partial charge in [-0.1, -0.05) is 38.6 Å². The lowest BCUT2D eigenvalue weighted by Crippen LogP contribution is -2.30. The largest absolute Gasteiger partial charge is 0.481 e. The van der Waals surface area contributed by atoms with Gasteiger partial charge in [0.25, 0.3) is 5.91 Å². The van der Waals surface area contributed by atoms with Crippen LogP contribution in [0.15, 0.2) is 30.8 Å². The van der Waals surface area contributed by atoms with Crippen LogP contribution < -0.4 is 0 Å². The monoisotopic (exact) mass is 287 g/mol. The van der Waals surface area contributed by atoms with Gasteiger partial charge < -0.3 is 10.0 Å². The Labute approximate surface area is 125 Å². The number of carboxylic acid groups (broad SMARTS) is 1. The molecule has 0 bridgehead atoms. The predicted molar refractivity (Wildman–Crippen MR) is 81.7 cm³/mol. The molecule has 112 valence electrons. The van der Waals surface area contributed by atoms with Gasteiger partial charge in [-0.25, -0.2) is 0 Å². The number of fused-ring (bicyclic) bond motifs is 1. The molecule has 0 saturated carbocycles. The summed E-state index contributed by atoms with van der Waals surface area (Å²) in [5, 5.41) is 9.05. The molecule has 1 aromatic carbocycles. The van der Waals surface area contributed by atoms with Gasteiger partial charge in [0.2, 0.25) is 0 Å². The summed E-state index contributed by atoms with van der Waals surface area (Å²) < 4.78 is 0. The molecule has 21 heavy (non-hydrogen) atoms. The molecule has 1 heterocycles. The standard InChI is InChI=1S/C17H21NO3/c1-11(2)8-13(9-16(19)20)10-18-12(3)14-6-4-5-7-15(14)17(18)21/h4-7,11,13H,3,8-10H2,1-2H3,(H,19,20). The molecule has 0 radical (unpaired) electrons. The zero-order valence-corrected chi connectivity index (χ0v) is 12.5. The third kappa shape index (κ3) is 3.32. The first-order valence-corrected chi connectivity index (χ1v) is 7.22. The number of carbonyl (C=O) groups excluding carboxylic acids is 1. The number of carbonyl (C=O) groups is 2. The molecule has 2 rings (SSSR count). The summed E-state index contributed by atoms with van der Waals surface area (Å²) >= 11 is 0. The van der Waals surface area contributed by atoms with Crippen LogP contribution in [0.2, 0.25) is 0 Å². The van der Waals surface area contributed by atoms with Crippen molar-refractivity contribution in [2.45, 2.75) is 26.7 Å². The Morgan fingerprint density at radius 2 is 1.90 bits per heavy atom. The lowest BCUT2D eigenvalue weighted by atomic mass is 9.93. The van der Waals surface area contributed by atoms with E-state index in [4.69, 9.17) is 5.11 Å². The van der Waals surface area contributed by atoms with Crippen molar-refractivity contribution in [3.8, 4) is 0 Å². The van der Waals surface area contributed by atoms with Gasteiger partial charge in [-0.2, -0.15) is 0 Å². The van der Waals surface area contributed by atoms with E-state index in [1.807, 2.05) is 18.2 Å². The molecule has 4 heteroatoms. The van der Waals surface area contributed by atoms with Crippen LogP contribution in [0.4, 0.5) is 0 Å². The highest BCUT2D eigenvalue weighted by atomic mass is 16.4. The van der Waals surface area contributed by atoms with E-state index >= 15 is 0 Å². The molecule has 1 aromatic rings. The van der Waals surface area contributed by atoms with Crippen LogP contribution >= 0.6 is 0 Å². The number of rotatable bonds is 6. The Balaban J connectivity index is 2.17. The van der Waals surface area contributed by atoms with Crippen molar-refractivity contribution in [2.24, 2.45) is 11.8 Å². The maximum Gasteiger partial charge on any atom is 0.303 e. The Bertz CT molecular complexity index is 542. The van der Waals surface area contributed by atoms with Crippen molar-refractivity contribution in [3.63, 3.8) is 0 Å². The molecule has 0 aliphatic carbocycles. The third-order valence-corrected chi connectivity index (χ3v) is 3.75. The first kappa shape index (κ1) is 15.3. The van der Waals surface area contributed by atoms with Crippen LogP contribution in [0.5, 0.6) is 0 Å². The number of nitrogens with zero attached hydrogens (tertiary/aromatic N) is 1. The van der Waals surface area contributed by atoms with Gasteiger partial charge in [-0.15, -0.1) is 0 Å². The highest BCUT2D eigenvalue weighted by Gasteiger charge is 2.32. The summed E-state index contributed by atoms with van der Waals surface area (Å²) in [6.07, 6.45) is 0.852. The van der Waals surface area contributed by atoms with Crippen molar-refractivity contribution in [2.75, 3.05) is 6.54 Å². The minimum absolute atomic E-state index is 0.0579. The molecule has 1 unspecified atom stereocenters. The molecule has 1 aliphatic heterocycles. The SMILES string of the molecule is C=C1c2ccccc2C(=O)N1CC(CC(=O)O)CC(C)C. The van der Waals surface area contributed by atoms with Gasteiger partial charge in [0, 0.05) is 29.8 Å². The minimum atomic E-state index is -0.824. The van der Waals surface area contributed by atoms with Crippen LogP contribution in [-0.4, -0.2) is 28.4 Å². The normalized spacial score (nSPS) is 15.5. The first-order valence-electron chi connectivity index (χ1n) is 7.22. The van der Waals surface area contributed by atoms with Gasteiger partial charge in [0.05, 0.1) is 0 Å². The number of hydrogen-bond donors (Lipinski definition) is 1. The number of carboxylic acids is 1. The van der Waals surface area contributed by atoms with Gasteiger partial charge in [0.15, 0.2) is 0 Å². The molecule has 4 nitrogen and oxygen atoms in total. The van der Waals surface area contributed by atoms with E-state index < -0.39 is 5.97 Å². The molecule has 0 fully saturated rings. The number of benzene rings is 1. The molecular formula is C17H21NO3. The summed E-state index contributed by atoms with van der Waals surface area (Å²) in [6.45, 7) is 8.53. The fraction of sp³-hybridized carbons (Fsp3) is 0.412. The maximum atomic E-state index is 12.4. The van der Waals surface area contributed by atoms with Gasteiger partial charge in [-0.3, -0.25) is 9.59 Å². The highest BCUT2D eigenvalue weighted by Crippen LogP contribution is 2.33. The van der Waals surface area contributed by atoms with Crippen molar-refractivity contribution >= 4 is 17.6 Å². The third-order valence-electron chi connectivity index (χ3n) is 3.75. The van der Waals surface area contributed by atoms with Crippen LogP contribution in [0, 0.1) is 11.8 Å². The van der Waals surface area contributed by atoms with Crippen LogP contribution in [0.1, 0.15) is 42.6 Å². The van der Waals surface area contributed by atoms with E-state index in [-0.39, 0.29) is 18.2 Å². The molecule has 0 aromatic heterocycles. The van der Waals surface area contributed by atoms with Gasteiger partial charge >= 0.3 is 5.97 Å². The van der Waals surface area contributed by atoms with Gasteiger partial charge in [0.1, 0.15) is 0 Å². The Morgan fingerprint density at radius 1 is 1.29 bits per heavy atom. The highest BCUT2D eigenvalue weighted by molar-refractivity contribution is 6.08. The topological polar surface area (TPSA) is 57.6 Å².